The minimum Gasteiger partial charge on any atom is -0.381 e. The summed E-state index contributed by atoms with van der Waals surface area (Å²) in [6.07, 6.45) is 2.15. The van der Waals surface area contributed by atoms with Gasteiger partial charge in [-0.3, -0.25) is 14.7 Å². The zero-order valence-corrected chi connectivity index (χ0v) is 18.4. The summed E-state index contributed by atoms with van der Waals surface area (Å²) in [5.41, 5.74) is 4.11. The minimum atomic E-state index is -0.337. The molecular weight excluding hydrogens is 392 g/mol. The molecule has 1 atom stereocenters. The Labute approximate surface area is 181 Å². The molecule has 7 heteroatoms. The van der Waals surface area contributed by atoms with Crippen LogP contribution >= 0.6 is 0 Å². The number of ether oxygens (including phenoxy) is 1. The van der Waals surface area contributed by atoms with Crippen molar-refractivity contribution in [1.82, 2.24) is 19.9 Å². The summed E-state index contributed by atoms with van der Waals surface area (Å²) in [7, 11) is 0. The van der Waals surface area contributed by atoms with E-state index in [0.717, 1.165) is 42.9 Å². The Kier molecular flexibility index (Phi) is 6.23. The lowest BCUT2D eigenvalue weighted by Gasteiger charge is -2.22. The van der Waals surface area contributed by atoms with Crippen LogP contribution in [-0.4, -0.2) is 33.7 Å². The third-order valence-corrected chi connectivity index (χ3v) is 5.90. The van der Waals surface area contributed by atoms with Crippen LogP contribution in [0.1, 0.15) is 61.2 Å². The quantitative estimate of drug-likeness (QED) is 0.638. The summed E-state index contributed by atoms with van der Waals surface area (Å²) >= 11 is 0. The number of aromatic amines is 1. The van der Waals surface area contributed by atoms with Gasteiger partial charge in [0.1, 0.15) is 0 Å². The maximum absolute atomic E-state index is 12.8. The van der Waals surface area contributed by atoms with Gasteiger partial charge in [0.25, 0.3) is 5.56 Å². The van der Waals surface area contributed by atoms with Gasteiger partial charge in [-0.15, -0.1) is 0 Å². The van der Waals surface area contributed by atoms with Crippen molar-refractivity contribution in [1.29, 1.82) is 0 Å². The Bertz CT molecular complexity index is 1130. The van der Waals surface area contributed by atoms with E-state index in [9.17, 15) is 9.59 Å². The van der Waals surface area contributed by atoms with E-state index >= 15 is 0 Å². The molecule has 7 nitrogen and oxygen atoms in total. The Morgan fingerprint density at radius 3 is 2.74 bits per heavy atom. The molecule has 1 fully saturated rings. The number of fused-ring (bicyclic) bond motifs is 1. The first-order valence-electron chi connectivity index (χ1n) is 11.0. The fraction of sp³-hybridized carbons (Fsp3) is 0.458. The van der Waals surface area contributed by atoms with E-state index in [1.54, 1.807) is 0 Å². The first-order valence-corrected chi connectivity index (χ1v) is 11.0. The molecule has 1 aliphatic heterocycles. The van der Waals surface area contributed by atoms with Crippen LogP contribution in [0.3, 0.4) is 0 Å². The second-order valence-corrected chi connectivity index (χ2v) is 8.77. The third-order valence-electron chi connectivity index (χ3n) is 5.90. The van der Waals surface area contributed by atoms with Gasteiger partial charge in [-0.05, 0) is 31.2 Å². The molecular formula is C24H30N4O3. The van der Waals surface area contributed by atoms with Gasteiger partial charge in [0, 0.05) is 37.0 Å². The van der Waals surface area contributed by atoms with Crippen LogP contribution in [0.2, 0.25) is 0 Å². The average molecular weight is 423 g/mol. The van der Waals surface area contributed by atoms with Crippen molar-refractivity contribution in [2.24, 2.45) is 5.92 Å². The van der Waals surface area contributed by atoms with Crippen molar-refractivity contribution in [2.75, 3.05) is 13.2 Å². The van der Waals surface area contributed by atoms with Crippen molar-refractivity contribution < 1.29 is 9.53 Å². The molecule has 3 heterocycles. The number of amides is 1. The Balaban J connectivity index is 1.57. The van der Waals surface area contributed by atoms with Crippen LogP contribution in [0, 0.1) is 12.8 Å². The number of nitrogens with one attached hydrogen (secondary N) is 2. The second kappa shape index (κ2) is 9.06. The predicted molar refractivity (Wildman–Crippen MR) is 119 cm³/mol. The van der Waals surface area contributed by atoms with Gasteiger partial charge in [-0.25, -0.2) is 9.50 Å². The molecule has 0 bridgehead atoms. The lowest BCUT2D eigenvalue weighted by molar-refractivity contribution is -0.121. The second-order valence-electron chi connectivity index (χ2n) is 8.77. The van der Waals surface area contributed by atoms with Crippen molar-refractivity contribution >= 4 is 11.6 Å². The Morgan fingerprint density at radius 2 is 2.03 bits per heavy atom. The number of hydrogen-bond acceptors (Lipinski definition) is 4. The largest absolute Gasteiger partial charge is 0.381 e. The van der Waals surface area contributed by atoms with Gasteiger partial charge in [0.2, 0.25) is 5.91 Å². The van der Waals surface area contributed by atoms with Crippen molar-refractivity contribution in [2.45, 2.75) is 52.0 Å². The topological polar surface area (TPSA) is 88.5 Å². The standard InChI is InChI=1S/C24H30N4O3/c1-15(2)24(26-22(29)12-17-6-4-5-16(3)11-17)20-14-23(30)28-21(25-20)13-19(27-28)18-7-9-31-10-8-18/h4-6,11,13-15,18,24,27H,7-10,12H2,1-3H3,(H,26,29). The number of carbonyl (C=O) groups is 1. The number of carbonyl (C=O) groups excluding carboxylic acids is 1. The van der Waals surface area contributed by atoms with Crippen LogP contribution < -0.4 is 10.9 Å². The smallest absolute Gasteiger partial charge is 0.272 e. The van der Waals surface area contributed by atoms with Crippen LogP contribution in [-0.2, 0) is 16.0 Å². The molecule has 1 aliphatic rings. The van der Waals surface area contributed by atoms with E-state index in [1.807, 2.05) is 51.1 Å². The van der Waals surface area contributed by atoms with E-state index in [1.165, 1.54) is 10.6 Å². The number of hydrogen-bond donors (Lipinski definition) is 2. The van der Waals surface area contributed by atoms with Crippen molar-refractivity contribution in [3.05, 3.63) is 69.3 Å². The predicted octanol–water partition coefficient (Wildman–Crippen LogP) is 3.28. The van der Waals surface area contributed by atoms with Gasteiger partial charge in [0.15, 0.2) is 5.65 Å². The highest BCUT2D eigenvalue weighted by Crippen LogP contribution is 2.26. The number of H-pyrrole nitrogens is 1. The molecule has 1 aromatic carbocycles. The fourth-order valence-corrected chi connectivity index (χ4v) is 4.22. The molecule has 31 heavy (non-hydrogen) atoms. The maximum Gasteiger partial charge on any atom is 0.272 e. The first-order chi connectivity index (χ1) is 14.9. The number of aromatic nitrogens is 3. The van der Waals surface area contributed by atoms with Crippen LogP contribution in [0.25, 0.3) is 5.65 Å². The normalized spacial score (nSPS) is 16.0. The summed E-state index contributed by atoms with van der Waals surface area (Å²) in [6.45, 7) is 7.51. The molecule has 2 aromatic heterocycles. The van der Waals surface area contributed by atoms with E-state index in [4.69, 9.17) is 9.72 Å². The summed E-state index contributed by atoms with van der Waals surface area (Å²) < 4.78 is 6.93. The Hall–Kier alpha value is -2.93. The molecule has 164 valence electrons. The van der Waals surface area contributed by atoms with Crippen LogP contribution in [0.15, 0.2) is 41.2 Å². The van der Waals surface area contributed by atoms with Gasteiger partial charge in [0.05, 0.1) is 18.2 Å². The molecule has 2 N–H and O–H groups in total. The summed E-state index contributed by atoms with van der Waals surface area (Å²) in [5, 5.41) is 6.29. The van der Waals surface area contributed by atoms with Crippen molar-refractivity contribution in [3.63, 3.8) is 0 Å². The molecule has 3 aromatic rings. The third kappa shape index (κ3) is 4.88. The molecule has 1 saturated heterocycles. The number of aryl methyl sites for hydroxylation is 1. The molecule has 4 rings (SSSR count). The summed E-state index contributed by atoms with van der Waals surface area (Å²) in [5.74, 6) is 0.348. The van der Waals surface area contributed by atoms with Gasteiger partial charge in [-0.1, -0.05) is 43.7 Å². The number of benzene rings is 1. The molecule has 0 radical (unpaired) electrons. The zero-order valence-electron chi connectivity index (χ0n) is 18.4. The average Bonchev–Trinajstić information content (AvgIpc) is 3.17. The first kappa shape index (κ1) is 21.3. The lowest BCUT2D eigenvalue weighted by Crippen LogP contribution is -2.34. The highest BCUT2D eigenvalue weighted by atomic mass is 16.5. The van der Waals surface area contributed by atoms with Crippen LogP contribution in [0.5, 0.6) is 0 Å². The fourth-order valence-electron chi connectivity index (χ4n) is 4.22. The number of nitrogens with zero attached hydrogens (tertiary/aromatic N) is 2. The van der Waals surface area contributed by atoms with E-state index in [-0.39, 0.29) is 23.4 Å². The summed E-state index contributed by atoms with van der Waals surface area (Å²) in [6, 6.07) is 11.1. The van der Waals surface area contributed by atoms with Crippen LogP contribution in [0.4, 0.5) is 0 Å². The lowest BCUT2D eigenvalue weighted by atomic mass is 9.97. The molecule has 0 spiro atoms. The van der Waals surface area contributed by atoms with E-state index in [2.05, 4.69) is 10.4 Å². The monoisotopic (exact) mass is 422 g/mol. The molecule has 0 saturated carbocycles. The maximum atomic E-state index is 12.8. The zero-order chi connectivity index (χ0) is 22.0. The molecule has 1 amide bonds. The SMILES string of the molecule is Cc1cccc(CC(=O)NC(c2cc(=O)n3[nH]c(C4CCOCC4)cc3n2)C(C)C)c1. The Morgan fingerprint density at radius 1 is 1.26 bits per heavy atom. The highest BCUT2D eigenvalue weighted by molar-refractivity contribution is 5.79. The van der Waals surface area contributed by atoms with Crippen molar-refractivity contribution in [3.8, 4) is 0 Å². The minimum absolute atomic E-state index is 0.0803. The van der Waals surface area contributed by atoms with E-state index in [0.29, 0.717) is 23.7 Å². The van der Waals surface area contributed by atoms with E-state index < -0.39 is 0 Å². The molecule has 1 unspecified atom stereocenters. The number of rotatable bonds is 6. The van der Waals surface area contributed by atoms with Gasteiger partial charge in [-0.2, -0.15) is 0 Å². The summed E-state index contributed by atoms with van der Waals surface area (Å²) in [4.78, 5) is 30.3. The van der Waals surface area contributed by atoms with Gasteiger partial charge < -0.3 is 10.1 Å². The van der Waals surface area contributed by atoms with Gasteiger partial charge >= 0.3 is 0 Å². The molecule has 0 aliphatic carbocycles. The highest BCUT2D eigenvalue weighted by Gasteiger charge is 2.23.